The van der Waals surface area contributed by atoms with Crippen molar-refractivity contribution in [2.75, 3.05) is 11.9 Å². The summed E-state index contributed by atoms with van der Waals surface area (Å²) < 4.78 is 5.67. The molecule has 1 unspecified atom stereocenters. The van der Waals surface area contributed by atoms with E-state index in [1.54, 1.807) is 0 Å². The smallest absolute Gasteiger partial charge is 0.232 e. The third-order valence-electron chi connectivity index (χ3n) is 3.33. The molecule has 1 aromatic rings. The Morgan fingerprint density at radius 2 is 2.11 bits per heavy atom. The van der Waals surface area contributed by atoms with Gasteiger partial charge in [0.1, 0.15) is 5.82 Å². The Kier molecular flexibility index (Phi) is 4.06. The third-order valence-corrected chi connectivity index (χ3v) is 5.04. The number of nitrogens with one attached hydrogen (secondary N) is 1. The monoisotopic (exact) mass is 278 g/mol. The molecule has 104 valence electrons. The van der Waals surface area contributed by atoms with Crippen LogP contribution in [0.5, 0.6) is 0 Å². The molecule has 1 aromatic heterocycles. The molecule has 2 rings (SSSR count). The van der Waals surface area contributed by atoms with E-state index in [1.165, 1.54) is 0 Å². The molecular formula is C14H22N2O2Si. The number of pyridine rings is 1. The third kappa shape index (κ3) is 3.64. The molecule has 5 heteroatoms. The second-order valence-corrected chi connectivity index (χ2v) is 11.9. The number of carbonyl (C=O) groups excluding carboxylic acids is 1. The number of hydrogen-bond acceptors (Lipinski definition) is 3. The lowest BCUT2D eigenvalue weighted by Crippen LogP contribution is -2.21. The van der Waals surface area contributed by atoms with Gasteiger partial charge < -0.3 is 10.1 Å². The van der Waals surface area contributed by atoms with Crippen molar-refractivity contribution in [3.8, 4) is 0 Å². The summed E-state index contributed by atoms with van der Waals surface area (Å²) in [5.41, 5.74) is 1.86. The predicted octanol–water partition coefficient (Wildman–Crippen LogP) is 2.99. The number of carbonyl (C=O) groups is 1. The molecular weight excluding hydrogens is 256 g/mol. The highest BCUT2D eigenvalue weighted by atomic mass is 28.3. The Morgan fingerprint density at radius 1 is 1.37 bits per heavy atom. The molecule has 0 bridgehead atoms. The molecule has 0 radical (unpaired) electrons. The first-order valence-corrected chi connectivity index (χ1v) is 10.5. The van der Waals surface area contributed by atoms with Gasteiger partial charge in [0.2, 0.25) is 5.91 Å². The number of nitrogens with zero attached hydrogens (tertiary/aromatic N) is 1. The number of anilines is 1. The van der Waals surface area contributed by atoms with Crippen LogP contribution < -0.4 is 5.32 Å². The van der Waals surface area contributed by atoms with Crippen molar-refractivity contribution in [2.24, 2.45) is 0 Å². The molecule has 1 amide bonds. The minimum Gasteiger partial charge on any atom is -0.375 e. The van der Waals surface area contributed by atoms with E-state index in [1.807, 2.05) is 19.1 Å². The summed E-state index contributed by atoms with van der Waals surface area (Å²) in [5, 5.41) is 2.80. The summed E-state index contributed by atoms with van der Waals surface area (Å²) in [7, 11) is -1.03. The zero-order valence-corrected chi connectivity index (χ0v) is 13.1. The first-order chi connectivity index (χ1) is 8.87. The molecule has 0 aliphatic carbocycles. The van der Waals surface area contributed by atoms with Crippen molar-refractivity contribution in [2.45, 2.75) is 45.1 Å². The van der Waals surface area contributed by atoms with Gasteiger partial charge in [-0.15, -0.1) is 0 Å². The topological polar surface area (TPSA) is 51.2 Å². The molecule has 4 nitrogen and oxygen atoms in total. The van der Waals surface area contributed by atoms with Crippen LogP contribution in [0.2, 0.25) is 25.7 Å². The van der Waals surface area contributed by atoms with Gasteiger partial charge in [0, 0.05) is 20.2 Å². The Labute approximate surface area is 115 Å². The molecule has 0 saturated carbocycles. The largest absolute Gasteiger partial charge is 0.375 e. The number of ether oxygens (including phenoxy) is 1. The number of fused-ring (bicyclic) bond motifs is 1. The molecule has 19 heavy (non-hydrogen) atoms. The van der Waals surface area contributed by atoms with E-state index < -0.39 is 8.07 Å². The zero-order valence-electron chi connectivity index (χ0n) is 12.1. The van der Waals surface area contributed by atoms with Gasteiger partial charge in [-0.2, -0.15) is 0 Å². The van der Waals surface area contributed by atoms with Gasteiger partial charge in [-0.25, -0.2) is 4.98 Å². The first-order valence-electron chi connectivity index (χ1n) is 6.75. The van der Waals surface area contributed by atoms with Gasteiger partial charge in [-0.05, 0) is 19.0 Å². The Hall–Kier alpha value is -1.20. The van der Waals surface area contributed by atoms with Crippen molar-refractivity contribution < 1.29 is 9.53 Å². The summed E-state index contributed by atoms with van der Waals surface area (Å²) in [6, 6.07) is 5.08. The normalized spacial score (nSPS) is 18.3. The van der Waals surface area contributed by atoms with Crippen LogP contribution in [0.4, 0.5) is 5.82 Å². The number of aromatic nitrogens is 1. The van der Waals surface area contributed by atoms with Gasteiger partial charge in [-0.3, -0.25) is 4.79 Å². The van der Waals surface area contributed by atoms with E-state index in [0.29, 0.717) is 12.4 Å². The standard InChI is InChI=1S/C14H22N2O2Si/c1-10-12-6-5-11(15-13(12)16-14(10)17)9-18-7-8-19(2,3)4/h5-6,10H,7-9H2,1-4H3,(H,15,16,17). The highest BCUT2D eigenvalue weighted by Crippen LogP contribution is 2.30. The van der Waals surface area contributed by atoms with Crippen molar-refractivity contribution in [1.82, 2.24) is 4.98 Å². The fourth-order valence-electron chi connectivity index (χ4n) is 1.96. The molecule has 0 spiro atoms. The molecule has 1 aliphatic rings. The summed E-state index contributed by atoms with van der Waals surface area (Å²) >= 11 is 0. The molecule has 1 aliphatic heterocycles. The van der Waals surface area contributed by atoms with Gasteiger partial charge in [-0.1, -0.05) is 25.7 Å². The van der Waals surface area contributed by atoms with Crippen LogP contribution in [0, 0.1) is 0 Å². The van der Waals surface area contributed by atoms with Crippen LogP contribution >= 0.6 is 0 Å². The van der Waals surface area contributed by atoms with Crippen LogP contribution in [0.3, 0.4) is 0 Å². The number of rotatable bonds is 5. The van der Waals surface area contributed by atoms with Crippen LogP contribution in [-0.2, 0) is 16.1 Å². The predicted molar refractivity (Wildman–Crippen MR) is 79.1 cm³/mol. The average Bonchev–Trinajstić information content (AvgIpc) is 2.59. The number of amides is 1. The SMILES string of the molecule is CC1C(=O)Nc2nc(COCC[Si](C)(C)C)ccc21. The molecule has 0 saturated heterocycles. The highest BCUT2D eigenvalue weighted by molar-refractivity contribution is 6.76. The van der Waals surface area contributed by atoms with Crippen LogP contribution in [0.15, 0.2) is 12.1 Å². The van der Waals surface area contributed by atoms with Crippen LogP contribution in [0.1, 0.15) is 24.1 Å². The maximum Gasteiger partial charge on any atom is 0.232 e. The van der Waals surface area contributed by atoms with E-state index in [-0.39, 0.29) is 11.8 Å². The fourth-order valence-corrected chi connectivity index (χ4v) is 2.72. The lowest BCUT2D eigenvalue weighted by molar-refractivity contribution is -0.116. The number of hydrogen-bond donors (Lipinski definition) is 1. The second-order valence-electron chi connectivity index (χ2n) is 6.31. The van der Waals surface area contributed by atoms with Crippen molar-refractivity contribution in [3.63, 3.8) is 0 Å². The van der Waals surface area contributed by atoms with Crippen molar-refractivity contribution in [3.05, 3.63) is 23.4 Å². The van der Waals surface area contributed by atoms with E-state index in [4.69, 9.17) is 4.74 Å². The fraction of sp³-hybridized carbons (Fsp3) is 0.571. The molecule has 2 heterocycles. The molecule has 0 fully saturated rings. The zero-order chi connectivity index (χ0) is 14.0. The van der Waals surface area contributed by atoms with Gasteiger partial charge in [0.25, 0.3) is 0 Å². The minimum absolute atomic E-state index is 0.0271. The Bertz CT molecular complexity index is 483. The van der Waals surface area contributed by atoms with E-state index in [0.717, 1.165) is 23.9 Å². The van der Waals surface area contributed by atoms with Gasteiger partial charge >= 0.3 is 0 Å². The quantitative estimate of drug-likeness (QED) is 0.665. The van der Waals surface area contributed by atoms with Crippen LogP contribution in [-0.4, -0.2) is 25.6 Å². The van der Waals surface area contributed by atoms with E-state index >= 15 is 0 Å². The summed E-state index contributed by atoms with van der Waals surface area (Å²) in [5.74, 6) is 0.632. The van der Waals surface area contributed by atoms with E-state index in [2.05, 4.69) is 29.9 Å². The molecule has 0 aromatic carbocycles. The average molecular weight is 278 g/mol. The van der Waals surface area contributed by atoms with Gasteiger partial charge in [0.15, 0.2) is 0 Å². The first kappa shape index (κ1) is 14.2. The summed E-state index contributed by atoms with van der Waals surface area (Å²) in [6.07, 6.45) is 0. The van der Waals surface area contributed by atoms with Crippen molar-refractivity contribution >= 4 is 19.8 Å². The maximum atomic E-state index is 11.5. The summed E-state index contributed by atoms with van der Waals surface area (Å²) in [4.78, 5) is 16.0. The molecule has 1 atom stereocenters. The Balaban J connectivity index is 1.90. The second kappa shape index (κ2) is 5.42. The minimum atomic E-state index is -1.03. The van der Waals surface area contributed by atoms with Gasteiger partial charge in [0.05, 0.1) is 18.2 Å². The molecule has 1 N–H and O–H groups in total. The Morgan fingerprint density at radius 3 is 2.79 bits per heavy atom. The lowest BCUT2D eigenvalue weighted by atomic mass is 10.1. The van der Waals surface area contributed by atoms with E-state index in [9.17, 15) is 4.79 Å². The summed E-state index contributed by atoms with van der Waals surface area (Å²) in [6.45, 7) is 10.2. The van der Waals surface area contributed by atoms with Crippen molar-refractivity contribution in [1.29, 1.82) is 0 Å². The maximum absolute atomic E-state index is 11.5. The lowest BCUT2D eigenvalue weighted by Gasteiger charge is -2.15. The van der Waals surface area contributed by atoms with Crippen LogP contribution in [0.25, 0.3) is 0 Å². The highest BCUT2D eigenvalue weighted by Gasteiger charge is 2.27.